The van der Waals surface area contributed by atoms with Gasteiger partial charge in [0.05, 0.1) is 10.7 Å². The van der Waals surface area contributed by atoms with Crippen molar-refractivity contribution in [3.63, 3.8) is 0 Å². The highest BCUT2D eigenvalue weighted by Crippen LogP contribution is 2.18. The Morgan fingerprint density at radius 1 is 1.23 bits per heavy atom. The van der Waals surface area contributed by atoms with Crippen molar-refractivity contribution >= 4 is 34.7 Å². The van der Waals surface area contributed by atoms with E-state index in [1.54, 1.807) is 31.2 Å². The van der Waals surface area contributed by atoms with E-state index in [0.29, 0.717) is 16.3 Å². The Hall–Kier alpha value is -1.91. The molecule has 114 valence electrons. The van der Waals surface area contributed by atoms with E-state index < -0.39 is 5.97 Å². The number of pyridine rings is 1. The minimum atomic E-state index is -0.542. The molecule has 0 aliphatic heterocycles. The Labute approximate surface area is 137 Å². The Morgan fingerprint density at radius 3 is 2.59 bits per heavy atom. The van der Waals surface area contributed by atoms with Gasteiger partial charge in [0, 0.05) is 6.08 Å². The minimum absolute atomic E-state index is 0.0780. The van der Waals surface area contributed by atoms with E-state index in [-0.39, 0.29) is 17.6 Å². The first-order valence-corrected chi connectivity index (χ1v) is 7.13. The van der Waals surface area contributed by atoms with Gasteiger partial charge in [-0.05, 0) is 42.3 Å². The third-order valence-corrected chi connectivity index (χ3v) is 3.42. The minimum Gasteiger partial charge on any atom is -0.456 e. The normalized spacial score (nSPS) is 11.4. The summed E-state index contributed by atoms with van der Waals surface area (Å²) >= 11 is 11.7. The first-order valence-electron chi connectivity index (χ1n) is 6.37. The molecule has 0 saturated carbocycles. The van der Waals surface area contributed by atoms with E-state index in [2.05, 4.69) is 4.98 Å². The molecule has 6 heteroatoms. The van der Waals surface area contributed by atoms with Crippen molar-refractivity contribution in [3.8, 4) is 0 Å². The number of nitrogens with zero attached hydrogens (tertiary/aromatic N) is 1. The Morgan fingerprint density at radius 2 is 1.91 bits per heavy atom. The van der Waals surface area contributed by atoms with E-state index in [4.69, 9.17) is 27.9 Å². The molecule has 0 bridgehead atoms. The number of halogens is 3. The number of hydrogen-bond donors (Lipinski definition) is 0. The highest BCUT2D eigenvalue weighted by molar-refractivity contribution is 6.32. The number of rotatable bonds is 4. The van der Waals surface area contributed by atoms with Gasteiger partial charge in [-0.25, -0.2) is 14.2 Å². The standard InChI is InChI=1S/C16H12Cl2FNO2/c1-10(11-2-4-12(19)5-3-11)8-16(21)22-9-14-13(17)6-7-15(18)20-14/h2-8H,9H2,1H3/b10-8-. The molecule has 3 nitrogen and oxygen atoms in total. The summed E-state index contributed by atoms with van der Waals surface area (Å²) < 4.78 is 17.9. The quantitative estimate of drug-likeness (QED) is 0.461. The second-order valence-electron chi connectivity index (χ2n) is 4.50. The van der Waals surface area contributed by atoms with Crippen LogP contribution in [0.4, 0.5) is 4.39 Å². The zero-order chi connectivity index (χ0) is 16.1. The molecule has 0 radical (unpaired) electrons. The van der Waals surface area contributed by atoms with Crippen LogP contribution in [0.1, 0.15) is 18.2 Å². The van der Waals surface area contributed by atoms with Gasteiger partial charge in [-0.15, -0.1) is 0 Å². The molecule has 2 aromatic rings. The highest BCUT2D eigenvalue weighted by atomic mass is 35.5. The van der Waals surface area contributed by atoms with Crippen LogP contribution in [0.25, 0.3) is 5.57 Å². The molecule has 0 unspecified atom stereocenters. The van der Waals surface area contributed by atoms with Gasteiger partial charge in [0.1, 0.15) is 17.6 Å². The van der Waals surface area contributed by atoms with E-state index in [9.17, 15) is 9.18 Å². The lowest BCUT2D eigenvalue weighted by Gasteiger charge is -2.05. The van der Waals surface area contributed by atoms with E-state index in [0.717, 1.165) is 5.56 Å². The van der Waals surface area contributed by atoms with E-state index >= 15 is 0 Å². The number of benzene rings is 1. The number of carbonyl (C=O) groups excluding carboxylic acids is 1. The molecule has 0 atom stereocenters. The third kappa shape index (κ3) is 4.55. The van der Waals surface area contributed by atoms with Crippen molar-refractivity contribution in [2.24, 2.45) is 0 Å². The smallest absolute Gasteiger partial charge is 0.331 e. The van der Waals surface area contributed by atoms with Gasteiger partial charge >= 0.3 is 5.97 Å². The topological polar surface area (TPSA) is 39.2 Å². The van der Waals surface area contributed by atoms with Gasteiger partial charge in [-0.2, -0.15) is 0 Å². The van der Waals surface area contributed by atoms with Crippen LogP contribution in [0.3, 0.4) is 0 Å². The van der Waals surface area contributed by atoms with Crippen LogP contribution in [-0.2, 0) is 16.1 Å². The van der Waals surface area contributed by atoms with Crippen LogP contribution in [-0.4, -0.2) is 11.0 Å². The second-order valence-corrected chi connectivity index (χ2v) is 5.30. The molecule has 0 aliphatic carbocycles. The lowest BCUT2D eigenvalue weighted by molar-refractivity contribution is -0.139. The molecule has 0 amide bonds. The molecule has 22 heavy (non-hydrogen) atoms. The zero-order valence-corrected chi connectivity index (χ0v) is 13.2. The highest BCUT2D eigenvalue weighted by Gasteiger charge is 2.07. The maximum atomic E-state index is 12.9. The first kappa shape index (κ1) is 16.5. The van der Waals surface area contributed by atoms with Gasteiger partial charge in [0.15, 0.2) is 0 Å². The first-order chi connectivity index (χ1) is 10.5. The summed E-state index contributed by atoms with van der Waals surface area (Å²) in [7, 11) is 0. The van der Waals surface area contributed by atoms with Gasteiger partial charge in [0.2, 0.25) is 0 Å². The molecular weight excluding hydrogens is 328 g/mol. The number of carbonyl (C=O) groups is 1. The summed E-state index contributed by atoms with van der Waals surface area (Å²) in [6.45, 7) is 1.66. The molecule has 2 rings (SSSR count). The summed E-state index contributed by atoms with van der Waals surface area (Å²) in [5, 5.41) is 0.643. The monoisotopic (exact) mass is 339 g/mol. The van der Waals surface area contributed by atoms with Crippen molar-refractivity contribution in [3.05, 3.63) is 69.7 Å². The molecular formula is C16H12Cl2FNO2. The molecule has 0 spiro atoms. The number of aromatic nitrogens is 1. The fourth-order valence-corrected chi connectivity index (χ4v) is 2.04. The van der Waals surface area contributed by atoms with Crippen molar-refractivity contribution in [1.82, 2.24) is 4.98 Å². The molecule has 1 aromatic carbocycles. The Bertz CT molecular complexity index is 715. The fourth-order valence-electron chi connectivity index (χ4n) is 1.71. The van der Waals surface area contributed by atoms with Crippen molar-refractivity contribution < 1.29 is 13.9 Å². The van der Waals surface area contributed by atoms with Crippen molar-refractivity contribution in [1.29, 1.82) is 0 Å². The molecule has 1 aromatic heterocycles. The summed E-state index contributed by atoms with van der Waals surface area (Å²) in [5.41, 5.74) is 1.78. The average Bonchev–Trinajstić information content (AvgIpc) is 2.49. The van der Waals surface area contributed by atoms with Gasteiger partial charge in [-0.1, -0.05) is 35.3 Å². The van der Waals surface area contributed by atoms with Crippen LogP contribution in [0.5, 0.6) is 0 Å². The molecule has 0 fully saturated rings. The van der Waals surface area contributed by atoms with Crippen LogP contribution in [0.2, 0.25) is 10.2 Å². The van der Waals surface area contributed by atoms with Crippen molar-refractivity contribution in [2.75, 3.05) is 0 Å². The van der Waals surface area contributed by atoms with Crippen LogP contribution < -0.4 is 0 Å². The SMILES string of the molecule is C/C(=C/C(=O)OCc1nc(Cl)ccc1Cl)c1ccc(F)cc1. The average molecular weight is 340 g/mol. The summed E-state index contributed by atoms with van der Waals surface area (Å²) in [5.74, 6) is -0.875. The summed E-state index contributed by atoms with van der Waals surface area (Å²) in [4.78, 5) is 15.8. The number of esters is 1. The maximum Gasteiger partial charge on any atom is 0.331 e. The zero-order valence-electron chi connectivity index (χ0n) is 11.6. The number of hydrogen-bond acceptors (Lipinski definition) is 3. The lowest BCUT2D eigenvalue weighted by atomic mass is 10.1. The predicted octanol–water partition coefficient (Wildman–Crippen LogP) is 4.67. The van der Waals surface area contributed by atoms with Gasteiger partial charge in [-0.3, -0.25) is 0 Å². The maximum absolute atomic E-state index is 12.9. The Kier molecular flexibility index (Phi) is 5.52. The predicted molar refractivity (Wildman–Crippen MR) is 84.1 cm³/mol. The third-order valence-electron chi connectivity index (χ3n) is 2.87. The molecule has 0 aliphatic rings. The Balaban J connectivity index is 2.01. The van der Waals surface area contributed by atoms with Gasteiger partial charge < -0.3 is 4.74 Å². The molecule has 1 heterocycles. The van der Waals surface area contributed by atoms with Crippen LogP contribution in [0.15, 0.2) is 42.5 Å². The second kappa shape index (κ2) is 7.38. The number of ether oxygens (including phenoxy) is 1. The number of allylic oxidation sites excluding steroid dienone is 1. The fraction of sp³-hybridized carbons (Fsp3) is 0.125. The summed E-state index contributed by atoms with van der Waals surface area (Å²) in [6, 6.07) is 8.96. The van der Waals surface area contributed by atoms with Gasteiger partial charge in [0.25, 0.3) is 0 Å². The largest absolute Gasteiger partial charge is 0.456 e. The van der Waals surface area contributed by atoms with Crippen LogP contribution in [0, 0.1) is 5.82 Å². The molecule has 0 N–H and O–H groups in total. The summed E-state index contributed by atoms with van der Waals surface area (Å²) in [6.07, 6.45) is 1.33. The van der Waals surface area contributed by atoms with Crippen molar-refractivity contribution in [2.45, 2.75) is 13.5 Å². The molecule has 0 saturated heterocycles. The lowest BCUT2D eigenvalue weighted by Crippen LogP contribution is -2.04. The van der Waals surface area contributed by atoms with Crippen LogP contribution >= 0.6 is 23.2 Å². The van der Waals surface area contributed by atoms with E-state index in [1.165, 1.54) is 18.2 Å². The van der Waals surface area contributed by atoms with E-state index in [1.807, 2.05) is 0 Å².